The first-order valence-corrected chi connectivity index (χ1v) is 10.7. The average Bonchev–Trinajstić information content (AvgIpc) is 3.20. The molecule has 1 amide bonds. The summed E-state index contributed by atoms with van der Waals surface area (Å²) in [6.45, 7) is 5.76. The number of carbonyl (C=O) groups excluding carboxylic acids is 2. The van der Waals surface area contributed by atoms with Crippen molar-refractivity contribution < 1.29 is 19.5 Å². The third-order valence-corrected chi connectivity index (χ3v) is 4.39. The number of nitrogens with one attached hydrogen (secondary N) is 3. The maximum atomic E-state index is 12.1. The van der Waals surface area contributed by atoms with Gasteiger partial charge >= 0.3 is 5.97 Å². The molecule has 0 aliphatic heterocycles. The van der Waals surface area contributed by atoms with Gasteiger partial charge in [-0.25, -0.2) is 0 Å². The molecule has 33 heavy (non-hydrogen) atoms. The minimum Gasteiger partial charge on any atom is -0.481 e. The Balaban J connectivity index is 0.00000101. The van der Waals surface area contributed by atoms with Crippen molar-refractivity contribution in [1.82, 2.24) is 20.3 Å². The van der Waals surface area contributed by atoms with Crippen LogP contribution < -0.4 is 16.6 Å². The number of H-pyrrole nitrogens is 2. The highest BCUT2D eigenvalue weighted by molar-refractivity contribution is 5.94. The summed E-state index contributed by atoms with van der Waals surface area (Å²) in [5.74, 6) is -1.04. The van der Waals surface area contributed by atoms with E-state index in [0.717, 1.165) is 17.4 Å². The number of nitrogens with zero attached hydrogens (tertiary/aromatic N) is 1. The maximum Gasteiger partial charge on any atom is 0.303 e. The van der Waals surface area contributed by atoms with Crippen LogP contribution >= 0.6 is 0 Å². The van der Waals surface area contributed by atoms with Crippen LogP contribution in [-0.2, 0) is 22.4 Å². The molecule has 10 heteroatoms. The predicted octanol–water partition coefficient (Wildman–Crippen LogP) is 2.44. The second-order valence-electron chi connectivity index (χ2n) is 6.67. The number of hydrogen-bond donors (Lipinski definition) is 5. The van der Waals surface area contributed by atoms with Gasteiger partial charge in [-0.3, -0.25) is 19.4 Å². The van der Waals surface area contributed by atoms with Gasteiger partial charge in [-0.1, -0.05) is 26.0 Å². The summed E-state index contributed by atoms with van der Waals surface area (Å²) in [5, 5.41) is 11.8. The Hall–Kier alpha value is -3.95. The third-order valence-electron chi connectivity index (χ3n) is 4.39. The van der Waals surface area contributed by atoms with Crippen LogP contribution in [0.5, 0.6) is 0 Å². The van der Waals surface area contributed by atoms with E-state index in [0.29, 0.717) is 42.4 Å². The number of amides is 1. The molecule has 3 aromatic rings. The molecule has 2 heterocycles. The monoisotopic (exact) mass is 457 g/mol. The summed E-state index contributed by atoms with van der Waals surface area (Å²) in [5.41, 5.74) is 8.13. The van der Waals surface area contributed by atoms with Crippen LogP contribution in [0.1, 0.15) is 55.1 Å². The number of aliphatic carboxylic acids is 1. The summed E-state index contributed by atoms with van der Waals surface area (Å²) in [6, 6.07) is 7.18. The molecule has 0 unspecified atom stereocenters. The summed E-state index contributed by atoms with van der Waals surface area (Å²) < 4.78 is 0. The molecule has 0 aliphatic carbocycles. The van der Waals surface area contributed by atoms with E-state index < -0.39 is 5.97 Å². The van der Waals surface area contributed by atoms with Crippen LogP contribution in [0.4, 0.5) is 5.95 Å². The number of aromatic nitrogens is 3. The lowest BCUT2D eigenvalue weighted by molar-refractivity contribution is -0.137. The summed E-state index contributed by atoms with van der Waals surface area (Å²) in [4.78, 5) is 52.9. The van der Waals surface area contributed by atoms with Crippen LogP contribution in [0.3, 0.4) is 0 Å². The fourth-order valence-electron chi connectivity index (χ4n) is 2.96. The smallest absolute Gasteiger partial charge is 0.303 e. The van der Waals surface area contributed by atoms with Crippen molar-refractivity contribution >= 4 is 35.1 Å². The van der Waals surface area contributed by atoms with Crippen molar-refractivity contribution in [2.75, 3.05) is 12.3 Å². The fraction of sp³-hybridized carbons (Fsp3) is 0.348. The van der Waals surface area contributed by atoms with Gasteiger partial charge in [0.05, 0.1) is 5.39 Å². The molecule has 6 N–H and O–H groups in total. The molecule has 0 bridgehead atoms. The molecule has 0 fully saturated rings. The Bertz CT molecular complexity index is 1100. The number of nitrogen functional groups attached to an aromatic ring is 1. The highest BCUT2D eigenvalue weighted by Crippen LogP contribution is 2.16. The zero-order valence-corrected chi connectivity index (χ0v) is 19.1. The van der Waals surface area contributed by atoms with Crippen LogP contribution in [0.25, 0.3) is 11.0 Å². The zero-order chi connectivity index (χ0) is 24.8. The van der Waals surface area contributed by atoms with Crippen molar-refractivity contribution in [3.63, 3.8) is 0 Å². The first kappa shape index (κ1) is 27.1. The van der Waals surface area contributed by atoms with Gasteiger partial charge in [0.25, 0.3) is 11.5 Å². The van der Waals surface area contributed by atoms with E-state index in [-0.39, 0.29) is 23.8 Å². The van der Waals surface area contributed by atoms with E-state index in [2.05, 4.69) is 20.3 Å². The number of aldehydes is 1. The molecular formula is C23H31N5O5. The number of carboxylic acids is 1. The largest absolute Gasteiger partial charge is 0.481 e. The standard InChI is InChI=1S/C19H21N5O4.C2H4O.C2H6/c20-19-23-16-15(18(28)24-19)13(10-22-16)8-5-11-3-6-12(7-4-11)17(27)21-9-1-2-14(25)26;1-2-3;1-2/h3-4,6-7,10H,1-2,5,8-9H2,(H,21,27)(H,25,26)(H4,20,22,23,24,28);2H,1H3;1-2H3. The molecule has 0 radical (unpaired) electrons. The lowest BCUT2D eigenvalue weighted by Crippen LogP contribution is -2.24. The molecule has 0 atom stereocenters. The molecule has 178 valence electrons. The van der Waals surface area contributed by atoms with Gasteiger partial charge in [0.2, 0.25) is 5.95 Å². The van der Waals surface area contributed by atoms with Crippen LogP contribution in [0.15, 0.2) is 35.3 Å². The lowest BCUT2D eigenvalue weighted by Gasteiger charge is -2.06. The molecule has 0 saturated carbocycles. The molecule has 10 nitrogen and oxygen atoms in total. The number of anilines is 1. The van der Waals surface area contributed by atoms with Gasteiger partial charge in [-0.15, -0.1) is 0 Å². The molecule has 3 rings (SSSR count). The van der Waals surface area contributed by atoms with Crippen molar-refractivity contribution in [3.05, 3.63) is 57.5 Å². The highest BCUT2D eigenvalue weighted by Gasteiger charge is 2.11. The Morgan fingerprint density at radius 2 is 1.82 bits per heavy atom. The number of carboxylic acid groups (broad SMARTS) is 1. The summed E-state index contributed by atoms with van der Waals surface area (Å²) in [7, 11) is 0. The third kappa shape index (κ3) is 8.60. The SMILES string of the molecule is CC.CC=O.Nc1nc2[nH]cc(CCc3ccc(C(=O)NCCCC(=O)O)cc3)c2c(=O)[nH]1. The molecule has 1 aromatic carbocycles. The number of nitrogens with two attached hydrogens (primary N) is 1. The quantitative estimate of drug-likeness (QED) is 0.255. The van der Waals surface area contributed by atoms with Crippen molar-refractivity contribution in [3.8, 4) is 0 Å². The average molecular weight is 458 g/mol. The zero-order valence-electron chi connectivity index (χ0n) is 19.1. The molecule has 0 aliphatic rings. The molecule has 0 saturated heterocycles. The summed E-state index contributed by atoms with van der Waals surface area (Å²) >= 11 is 0. The molecule has 0 spiro atoms. The number of hydrogen-bond acceptors (Lipinski definition) is 6. The van der Waals surface area contributed by atoms with Crippen LogP contribution in [0, 0.1) is 0 Å². The first-order chi connectivity index (χ1) is 15.8. The van der Waals surface area contributed by atoms with E-state index in [4.69, 9.17) is 15.6 Å². The minimum absolute atomic E-state index is 0.0258. The predicted molar refractivity (Wildman–Crippen MR) is 127 cm³/mol. The fourth-order valence-corrected chi connectivity index (χ4v) is 2.96. The van der Waals surface area contributed by atoms with Crippen LogP contribution in [-0.4, -0.2) is 44.8 Å². The Morgan fingerprint density at radius 3 is 2.42 bits per heavy atom. The van der Waals surface area contributed by atoms with E-state index in [1.165, 1.54) is 6.92 Å². The maximum absolute atomic E-state index is 12.1. The molecular weight excluding hydrogens is 426 g/mol. The van der Waals surface area contributed by atoms with Crippen molar-refractivity contribution in [1.29, 1.82) is 0 Å². The first-order valence-electron chi connectivity index (χ1n) is 10.7. The number of rotatable bonds is 8. The minimum atomic E-state index is -0.880. The number of aryl methyl sites for hydroxylation is 2. The number of aromatic amines is 2. The van der Waals surface area contributed by atoms with E-state index in [9.17, 15) is 14.4 Å². The van der Waals surface area contributed by atoms with Gasteiger partial charge in [0.15, 0.2) is 0 Å². The number of fused-ring (bicyclic) bond motifs is 1. The topological polar surface area (TPSA) is 171 Å². The van der Waals surface area contributed by atoms with Crippen LogP contribution in [0.2, 0.25) is 0 Å². The van der Waals surface area contributed by atoms with E-state index in [1.54, 1.807) is 18.3 Å². The molecule has 2 aromatic heterocycles. The van der Waals surface area contributed by atoms with E-state index >= 15 is 0 Å². The van der Waals surface area contributed by atoms with Gasteiger partial charge in [0, 0.05) is 24.7 Å². The lowest BCUT2D eigenvalue weighted by atomic mass is 10.0. The number of benzene rings is 1. The Labute approximate surface area is 191 Å². The van der Waals surface area contributed by atoms with Crippen molar-refractivity contribution in [2.24, 2.45) is 0 Å². The summed E-state index contributed by atoms with van der Waals surface area (Å²) in [6.07, 6.45) is 4.25. The van der Waals surface area contributed by atoms with Gasteiger partial charge in [-0.2, -0.15) is 4.98 Å². The van der Waals surface area contributed by atoms with Gasteiger partial charge in [0.1, 0.15) is 11.9 Å². The highest BCUT2D eigenvalue weighted by atomic mass is 16.4. The Morgan fingerprint density at radius 1 is 1.18 bits per heavy atom. The van der Waals surface area contributed by atoms with E-state index in [1.807, 2.05) is 26.0 Å². The second kappa shape index (κ2) is 14.2. The van der Waals surface area contributed by atoms with Gasteiger partial charge in [-0.05, 0) is 49.4 Å². The number of carbonyl (C=O) groups is 3. The Kier molecular flexibility index (Phi) is 11.6. The van der Waals surface area contributed by atoms with Gasteiger partial charge < -0.3 is 25.9 Å². The normalized spacial score (nSPS) is 9.79. The second-order valence-corrected chi connectivity index (χ2v) is 6.67. The van der Waals surface area contributed by atoms with Crippen molar-refractivity contribution in [2.45, 2.75) is 46.5 Å².